The van der Waals surface area contributed by atoms with Crippen LogP contribution in [-0.2, 0) is 36.1 Å². The van der Waals surface area contributed by atoms with E-state index in [9.17, 15) is 0 Å². The van der Waals surface area contributed by atoms with Crippen molar-refractivity contribution in [1.29, 1.82) is 0 Å². The molecule has 4 aromatic carbocycles. The van der Waals surface area contributed by atoms with Gasteiger partial charge in [0.1, 0.15) is 0 Å². The summed E-state index contributed by atoms with van der Waals surface area (Å²) < 4.78 is 1.46. The smallest absolute Gasteiger partial charge is 0.0533 e. The Balaban J connectivity index is 0.000000185. The molecule has 2 atom stereocenters. The molecule has 5 aliphatic rings. The molecule has 0 aliphatic heterocycles. The number of hydrogen-bond acceptors (Lipinski definition) is 0. The SMILES string of the molecule is C[C-]1C2=C3Cc4ccccc4C3=C3C=CCCC3C2(C)C(C)(C)C(C)(C)C1(C)C.C[C](=[Zr+2])c1ccc2ccccc2c1.Cc1cc(C2(C)CCCCC2)c[cH-]1.[Cl-].[Cl-]. The van der Waals surface area contributed by atoms with Crippen molar-refractivity contribution in [2.75, 3.05) is 0 Å². The van der Waals surface area contributed by atoms with E-state index < -0.39 is 0 Å². The van der Waals surface area contributed by atoms with Gasteiger partial charge in [0, 0.05) is 0 Å². The van der Waals surface area contributed by atoms with Crippen LogP contribution in [0.1, 0.15) is 142 Å². The molecule has 5 aliphatic carbocycles. The summed E-state index contributed by atoms with van der Waals surface area (Å²) in [7, 11) is 0. The van der Waals surface area contributed by atoms with Gasteiger partial charge in [0.2, 0.25) is 0 Å². The Hall–Kier alpha value is -2.31. The summed E-state index contributed by atoms with van der Waals surface area (Å²) in [6.45, 7) is 27.1. The maximum absolute atomic E-state index is 2.62. The maximum Gasteiger partial charge on any atom is -0.0533 e. The monoisotopic (exact) mass is 874 g/mol. The van der Waals surface area contributed by atoms with Gasteiger partial charge < -0.3 is 24.8 Å². The molecular formula is C54H66Cl2Zr-2. The summed E-state index contributed by atoms with van der Waals surface area (Å²) in [6.07, 6.45) is 15.5. The second-order valence-electron chi connectivity index (χ2n) is 19.7. The third kappa shape index (κ3) is 7.57. The van der Waals surface area contributed by atoms with Crippen molar-refractivity contribution in [3.63, 3.8) is 0 Å². The predicted octanol–water partition coefficient (Wildman–Crippen LogP) is 8.84. The van der Waals surface area contributed by atoms with Crippen molar-refractivity contribution in [2.45, 2.75) is 133 Å². The Kier molecular flexibility index (Phi) is 13.6. The Morgan fingerprint density at radius 1 is 0.789 bits per heavy atom. The van der Waals surface area contributed by atoms with E-state index in [0.29, 0.717) is 11.3 Å². The molecule has 0 nitrogen and oxygen atoms in total. The number of fused-ring (bicyclic) bond motifs is 7. The number of rotatable bonds is 2. The molecule has 3 heteroatoms. The number of aryl methyl sites for hydroxylation is 1. The Morgan fingerprint density at radius 2 is 1.44 bits per heavy atom. The molecule has 0 saturated heterocycles. The molecule has 9 rings (SSSR count). The van der Waals surface area contributed by atoms with Crippen molar-refractivity contribution in [3.05, 3.63) is 148 Å². The molecule has 57 heavy (non-hydrogen) atoms. The van der Waals surface area contributed by atoms with Crippen molar-refractivity contribution >= 4 is 19.6 Å². The van der Waals surface area contributed by atoms with Crippen LogP contribution in [0.4, 0.5) is 0 Å². The molecule has 0 amide bonds. The minimum absolute atomic E-state index is 0. The number of halogens is 2. The number of hydrogen-bond donors (Lipinski definition) is 0. The summed E-state index contributed by atoms with van der Waals surface area (Å²) in [4.78, 5) is 0. The van der Waals surface area contributed by atoms with E-state index in [2.05, 4.69) is 173 Å². The van der Waals surface area contributed by atoms with Gasteiger partial charge in [0.05, 0.1) is 0 Å². The van der Waals surface area contributed by atoms with E-state index in [1.54, 1.807) is 33.8 Å². The van der Waals surface area contributed by atoms with Gasteiger partial charge in [-0.05, 0) is 40.6 Å². The molecule has 0 bridgehead atoms. The fourth-order valence-corrected chi connectivity index (χ4v) is 11.9. The van der Waals surface area contributed by atoms with Gasteiger partial charge in [-0.1, -0.05) is 165 Å². The van der Waals surface area contributed by atoms with Gasteiger partial charge in [-0.25, -0.2) is 12.0 Å². The molecule has 302 valence electrons. The number of benzene rings is 3. The fourth-order valence-electron chi connectivity index (χ4n) is 11.5. The van der Waals surface area contributed by atoms with E-state index in [0.717, 1.165) is 6.42 Å². The van der Waals surface area contributed by atoms with E-state index in [1.807, 2.05) is 0 Å². The van der Waals surface area contributed by atoms with Crippen molar-refractivity contribution < 1.29 is 49.0 Å². The van der Waals surface area contributed by atoms with Crippen molar-refractivity contribution in [1.82, 2.24) is 0 Å². The largest absolute Gasteiger partial charge is 1.00 e. The zero-order valence-corrected chi connectivity index (χ0v) is 40.7. The van der Waals surface area contributed by atoms with Crippen LogP contribution in [0.2, 0.25) is 0 Å². The van der Waals surface area contributed by atoms with Gasteiger partial charge in [0.15, 0.2) is 0 Å². The minimum Gasteiger partial charge on any atom is -1.00 e. The quantitative estimate of drug-likeness (QED) is 0.177. The summed E-state index contributed by atoms with van der Waals surface area (Å²) in [5.74, 6) is 2.24. The van der Waals surface area contributed by atoms with Gasteiger partial charge in [-0.2, -0.15) is 34.4 Å². The van der Waals surface area contributed by atoms with Crippen LogP contribution in [0.25, 0.3) is 16.3 Å². The van der Waals surface area contributed by atoms with E-state index in [1.165, 1.54) is 105 Å². The molecule has 0 N–H and O–H groups in total. The van der Waals surface area contributed by atoms with Crippen LogP contribution in [0.3, 0.4) is 0 Å². The molecule has 4 aromatic rings. The van der Waals surface area contributed by atoms with Crippen LogP contribution >= 0.6 is 0 Å². The van der Waals surface area contributed by atoms with Gasteiger partial charge in [-0.3, -0.25) is 0 Å². The van der Waals surface area contributed by atoms with E-state index in [-0.39, 0.29) is 46.5 Å². The maximum atomic E-state index is 2.62. The summed E-state index contributed by atoms with van der Waals surface area (Å²) in [6, 6.07) is 31.2. The molecule has 2 unspecified atom stereocenters. The molecule has 0 radical (unpaired) electrons. The van der Waals surface area contributed by atoms with E-state index >= 15 is 0 Å². The molecule has 0 heterocycles. The van der Waals surface area contributed by atoms with Gasteiger partial charge >= 0.3 is 93.2 Å². The standard InChI is InChI=1S/C29H37.C13H19.C12H10.2ClH.Zr/c1-18-25-22-17-19-13-9-10-14-20(19)24(22)21-15-11-12-16-23(21)29(25,8)28(6,7)27(4,5)26(18,2)3;1-11-6-7-12(10-11)13(2)8-4-3-5-9-13;1-2-10-7-8-11-5-3-4-6-12(11)9-10;;;/h9-11,13-15,23H,12,16-17H2,1-8H3;6-7,10H,3-5,8-9H2,1-2H3;3-9H,1H3;2*1H;/q2*-1;;;;+2/p-2. The fraction of sp³-hybridized carbons (Fsp3) is 0.463. The van der Waals surface area contributed by atoms with Crippen LogP contribution in [0, 0.1) is 40.4 Å². The Labute approximate surface area is 374 Å². The van der Waals surface area contributed by atoms with Crippen LogP contribution in [-0.4, -0.2) is 3.21 Å². The van der Waals surface area contributed by atoms with Crippen LogP contribution < -0.4 is 24.8 Å². The average molecular weight is 877 g/mol. The van der Waals surface area contributed by atoms with E-state index in [4.69, 9.17) is 0 Å². The molecule has 0 spiro atoms. The first-order chi connectivity index (χ1) is 26.0. The van der Waals surface area contributed by atoms with Gasteiger partial charge in [0.25, 0.3) is 0 Å². The number of allylic oxidation sites excluding steroid dienone is 6. The molecule has 2 fully saturated rings. The Morgan fingerprint density at radius 3 is 2.09 bits per heavy atom. The zero-order valence-electron chi connectivity index (χ0n) is 36.7. The van der Waals surface area contributed by atoms with Crippen LogP contribution in [0.15, 0.2) is 114 Å². The summed E-state index contributed by atoms with van der Waals surface area (Å²) >= 11 is 1.50. The summed E-state index contributed by atoms with van der Waals surface area (Å²) in [5.41, 5.74) is 15.2. The average Bonchev–Trinajstić information content (AvgIpc) is 3.79. The molecular weight excluding hydrogens is 811 g/mol. The first-order valence-corrected chi connectivity index (χ1v) is 22.5. The topological polar surface area (TPSA) is 0 Å². The molecule has 2 saturated carbocycles. The van der Waals surface area contributed by atoms with Crippen molar-refractivity contribution in [3.8, 4) is 0 Å². The second-order valence-corrected chi connectivity index (χ2v) is 21.6. The Bertz CT molecular complexity index is 2190. The summed E-state index contributed by atoms with van der Waals surface area (Å²) in [5, 5.41) is 2.66. The molecule has 0 aromatic heterocycles. The third-order valence-electron chi connectivity index (χ3n) is 16.5. The van der Waals surface area contributed by atoms with Gasteiger partial charge in [-0.15, -0.1) is 6.92 Å². The van der Waals surface area contributed by atoms with Crippen molar-refractivity contribution in [2.24, 2.45) is 27.6 Å². The predicted molar refractivity (Wildman–Crippen MR) is 235 cm³/mol. The third-order valence-corrected chi connectivity index (χ3v) is 17.2. The normalized spacial score (nSPS) is 24.2. The first kappa shape index (κ1) is 45.8. The van der Waals surface area contributed by atoms with Crippen LogP contribution in [0.5, 0.6) is 0 Å². The second kappa shape index (κ2) is 17.0. The zero-order chi connectivity index (χ0) is 39.6. The minimum atomic E-state index is 0. The first-order valence-electron chi connectivity index (χ1n) is 21.3.